The summed E-state index contributed by atoms with van der Waals surface area (Å²) in [5.41, 5.74) is 4.02. The minimum absolute atomic E-state index is 0.0104. The molecule has 4 heterocycles. The Balaban J connectivity index is 1.36. The van der Waals surface area contributed by atoms with Gasteiger partial charge < -0.3 is 14.5 Å². The molecular weight excluding hydrogens is 396 g/mol. The zero-order chi connectivity index (χ0) is 21.0. The molecule has 2 bridgehead atoms. The van der Waals surface area contributed by atoms with Crippen molar-refractivity contribution >= 4 is 23.2 Å². The van der Waals surface area contributed by atoms with E-state index in [0.29, 0.717) is 19.6 Å². The molecular formula is C24H26N2O3S. The van der Waals surface area contributed by atoms with Crippen molar-refractivity contribution in [3.8, 4) is 0 Å². The number of likely N-dealkylation sites (tertiary alicyclic amines) is 1. The van der Waals surface area contributed by atoms with Gasteiger partial charge in [0.2, 0.25) is 11.8 Å². The second-order valence-electron chi connectivity index (χ2n) is 8.84. The Bertz CT molecular complexity index is 1030. The smallest absolute Gasteiger partial charge is 0.230 e. The third-order valence-corrected chi connectivity index (χ3v) is 7.52. The lowest BCUT2D eigenvalue weighted by Gasteiger charge is -2.27. The van der Waals surface area contributed by atoms with Crippen molar-refractivity contribution in [3.63, 3.8) is 0 Å². The van der Waals surface area contributed by atoms with Crippen LogP contribution in [0.2, 0.25) is 0 Å². The Morgan fingerprint density at radius 1 is 1.27 bits per heavy atom. The van der Waals surface area contributed by atoms with Gasteiger partial charge in [-0.05, 0) is 52.9 Å². The highest BCUT2D eigenvalue weighted by Gasteiger charge is 2.67. The second-order valence-corrected chi connectivity index (χ2v) is 9.62. The largest absolute Gasteiger partial charge is 0.360 e. The van der Waals surface area contributed by atoms with Crippen LogP contribution >= 0.6 is 11.3 Å². The molecule has 1 aromatic carbocycles. The molecule has 0 N–H and O–H groups in total. The molecule has 30 heavy (non-hydrogen) atoms. The van der Waals surface area contributed by atoms with Crippen LogP contribution in [0.4, 0.5) is 0 Å². The lowest BCUT2D eigenvalue weighted by atomic mass is 9.76. The van der Waals surface area contributed by atoms with E-state index in [1.807, 2.05) is 35.5 Å². The highest BCUT2D eigenvalue weighted by Crippen LogP contribution is 2.52. The summed E-state index contributed by atoms with van der Waals surface area (Å²) in [7, 11) is 1.81. The fourth-order valence-electron chi connectivity index (χ4n) is 5.11. The molecule has 1 spiro atoms. The Hall–Kier alpha value is -2.44. The third kappa shape index (κ3) is 3.01. The van der Waals surface area contributed by atoms with Crippen molar-refractivity contribution in [1.82, 2.24) is 9.80 Å². The van der Waals surface area contributed by atoms with E-state index in [2.05, 4.69) is 37.4 Å². The summed E-state index contributed by atoms with van der Waals surface area (Å²) in [5, 5.41) is 4.06. The van der Waals surface area contributed by atoms with Gasteiger partial charge in [0.1, 0.15) is 5.60 Å². The quantitative estimate of drug-likeness (QED) is 0.695. The molecule has 156 valence electrons. The Morgan fingerprint density at radius 3 is 2.83 bits per heavy atom. The van der Waals surface area contributed by atoms with Gasteiger partial charge in [0.15, 0.2) is 0 Å². The molecule has 5 rings (SSSR count). The summed E-state index contributed by atoms with van der Waals surface area (Å²) >= 11 is 1.62. The Morgan fingerprint density at radius 2 is 2.10 bits per heavy atom. The highest BCUT2D eigenvalue weighted by atomic mass is 32.1. The normalized spacial score (nSPS) is 29.0. The van der Waals surface area contributed by atoms with Crippen molar-refractivity contribution < 1.29 is 14.3 Å². The summed E-state index contributed by atoms with van der Waals surface area (Å²) in [5.74, 6) is -0.862. The summed E-state index contributed by atoms with van der Waals surface area (Å²) < 4.78 is 6.27. The van der Waals surface area contributed by atoms with Crippen molar-refractivity contribution in [2.24, 2.45) is 11.8 Å². The zero-order valence-corrected chi connectivity index (χ0v) is 18.3. The maximum atomic E-state index is 13.4. The van der Waals surface area contributed by atoms with Gasteiger partial charge in [-0.25, -0.2) is 0 Å². The Labute approximate surface area is 180 Å². The van der Waals surface area contributed by atoms with Gasteiger partial charge >= 0.3 is 0 Å². The van der Waals surface area contributed by atoms with Crippen LogP contribution in [0.1, 0.15) is 22.3 Å². The molecule has 0 saturated carbocycles. The highest BCUT2D eigenvalue weighted by molar-refractivity contribution is 7.07. The van der Waals surface area contributed by atoms with E-state index in [1.54, 1.807) is 16.2 Å². The molecule has 2 aromatic rings. The van der Waals surface area contributed by atoms with Crippen molar-refractivity contribution in [1.29, 1.82) is 0 Å². The number of thiophene rings is 1. The predicted molar refractivity (Wildman–Crippen MR) is 116 cm³/mol. The fourth-order valence-corrected chi connectivity index (χ4v) is 5.76. The van der Waals surface area contributed by atoms with Crippen LogP contribution in [0.15, 0.2) is 47.2 Å². The number of hydrogen-bond donors (Lipinski definition) is 0. The number of nitrogens with zero attached hydrogens (tertiary/aromatic N) is 2. The number of hydrogen-bond acceptors (Lipinski definition) is 4. The van der Waals surface area contributed by atoms with Gasteiger partial charge in [0, 0.05) is 20.1 Å². The molecule has 1 aromatic heterocycles. The standard InChI is InChI=1S/C24H26N2O3S/c1-15-4-5-17(10-16(15)2)12-26-14-24-8-6-19(29-24)20(21(24)23(26)28)22(27)25(3)11-18-7-9-30-13-18/h4-10,13,19-21H,11-12,14H2,1-3H3/t19-,20-,21-,24-/m0/s1. The lowest BCUT2D eigenvalue weighted by Crippen LogP contribution is -2.44. The lowest BCUT2D eigenvalue weighted by molar-refractivity contribution is -0.142. The molecule has 5 nitrogen and oxygen atoms in total. The van der Waals surface area contributed by atoms with E-state index in [-0.39, 0.29) is 17.9 Å². The fraction of sp³-hybridized carbons (Fsp3) is 0.417. The maximum absolute atomic E-state index is 13.4. The number of fused-ring (bicyclic) bond motifs is 1. The SMILES string of the molecule is Cc1ccc(CN2C[C@]34C=C[C@H](O3)[C@H](C(=O)N(C)Cc3ccsc3)[C@H]4C2=O)cc1C. The number of carbonyl (C=O) groups is 2. The van der Waals surface area contributed by atoms with E-state index in [9.17, 15) is 9.59 Å². The summed E-state index contributed by atoms with van der Waals surface area (Å²) in [6, 6.07) is 8.34. The maximum Gasteiger partial charge on any atom is 0.230 e. The van der Waals surface area contributed by atoms with E-state index in [0.717, 1.165) is 11.1 Å². The number of rotatable bonds is 5. The number of benzene rings is 1. The van der Waals surface area contributed by atoms with Crippen LogP contribution in [0, 0.1) is 25.7 Å². The molecule has 3 aliphatic heterocycles. The van der Waals surface area contributed by atoms with Gasteiger partial charge in [-0.15, -0.1) is 0 Å². The van der Waals surface area contributed by atoms with Gasteiger partial charge in [-0.2, -0.15) is 11.3 Å². The van der Waals surface area contributed by atoms with Gasteiger partial charge in [-0.1, -0.05) is 30.4 Å². The minimum atomic E-state index is -0.662. The van der Waals surface area contributed by atoms with Crippen molar-refractivity contribution in [2.75, 3.05) is 13.6 Å². The van der Waals surface area contributed by atoms with Crippen LogP contribution in [-0.2, 0) is 27.4 Å². The molecule has 2 fully saturated rings. The van der Waals surface area contributed by atoms with E-state index < -0.39 is 17.4 Å². The van der Waals surface area contributed by atoms with Crippen molar-refractivity contribution in [2.45, 2.75) is 38.6 Å². The molecule has 4 atom stereocenters. The summed E-state index contributed by atoms with van der Waals surface area (Å²) in [6.07, 6.45) is 3.69. The molecule has 6 heteroatoms. The summed E-state index contributed by atoms with van der Waals surface area (Å²) in [6.45, 7) is 5.78. The number of amides is 2. The third-order valence-electron chi connectivity index (χ3n) is 6.78. The molecule has 2 amide bonds. The van der Waals surface area contributed by atoms with Crippen LogP contribution in [0.5, 0.6) is 0 Å². The van der Waals surface area contributed by atoms with E-state index >= 15 is 0 Å². The predicted octanol–water partition coefficient (Wildman–Crippen LogP) is 3.31. The number of aryl methyl sites for hydroxylation is 2. The van der Waals surface area contributed by atoms with Crippen LogP contribution in [0.3, 0.4) is 0 Å². The van der Waals surface area contributed by atoms with Crippen LogP contribution < -0.4 is 0 Å². The van der Waals surface area contributed by atoms with E-state index in [4.69, 9.17) is 4.74 Å². The first-order valence-corrected chi connectivity index (χ1v) is 11.3. The average Bonchev–Trinajstić information content (AvgIpc) is 3.47. The number of ether oxygens (including phenoxy) is 1. The van der Waals surface area contributed by atoms with Gasteiger partial charge in [0.25, 0.3) is 0 Å². The number of carbonyl (C=O) groups excluding carboxylic acids is 2. The summed E-state index contributed by atoms with van der Waals surface area (Å²) in [4.78, 5) is 30.4. The average molecular weight is 423 g/mol. The zero-order valence-electron chi connectivity index (χ0n) is 17.5. The topological polar surface area (TPSA) is 49.9 Å². The van der Waals surface area contributed by atoms with Gasteiger partial charge in [-0.3, -0.25) is 9.59 Å². The minimum Gasteiger partial charge on any atom is -0.360 e. The molecule has 0 aliphatic carbocycles. The monoisotopic (exact) mass is 422 g/mol. The van der Waals surface area contributed by atoms with Crippen LogP contribution in [0.25, 0.3) is 0 Å². The van der Waals surface area contributed by atoms with Crippen molar-refractivity contribution in [3.05, 3.63) is 69.4 Å². The van der Waals surface area contributed by atoms with Gasteiger partial charge in [0.05, 0.1) is 24.5 Å². The molecule has 2 saturated heterocycles. The van der Waals surface area contributed by atoms with E-state index in [1.165, 1.54) is 11.1 Å². The first-order valence-electron chi connectivity index (χ1n) is 10.4. The van der Waals surface area contributed by atoms with Crippen LogP contribution in [-0.4, -0.2) is 46.9 Å². The molecule has 0 unspecified atom stereocenters. The second kappa shape index (κ2) is 7.06. The molecule has 3 aliphatic rings. The first-order chi connectivity index (χ1) is 14.4. The molecule has 0 radical (unpaired) electrons. The first kappa shape index (κ1) is 19.5. The Kier molecular flexibility index (Phi) is 4.60.